The summed E-state index contributed by atoms with van der Waals surface area (Å²) in [5.41, 5.74) is 6.50. The van der Waals surface area contributed by atoms with Gasteiger partial charge in [0.05, 0.1) is 4.90 Å². The molecule has 0 aromatic heterocycles. The number of anilines is 1. The summed E-state index contributed by atoms with van der Waals surface area (Å²) in [5.74, 6) is -0.0847. The quantitative estimate of drug-likeness (QED) is 0.852. The van der Waals surface area contributed by atoms with Crippen LogP contribution in [0, 0.1) is 0 Å². The van der Waals surface area contributed by atoms with Crippen LogP contribution in [0.1, 0.15) is 26.3 Å². The van der Waals surface area contributed by atoms with Gasteiger partial charge in [0.15, 0.2) is 0 Å². The van der Waals surface area contributed by atoms with E-state index in [4.69, 9.17) is 5.73 Å². The van der Waals surface area contributed by atoms with Crippen LogP contribution in [-0.2, 0) is 21.2 Å². The lowest BCUT2D eigenvalue weighted by molar-refractivity contribution is -0.116. The molecule has 1 amide bonds. The van der Waals surface area contributed by atoms with Gasteiger partial charge in [0.2, 0.25) is 15.9 Å². The first kappa shape index (κ1) is 15.9. The summed E-state index contributed by atoms with van der Waals surface area (Å²) < 4.78 is 27.4. The summed E-state index contributed by atoms with van der Waals surface area (Å²) in [4.78, 5) is 13.3. The van der Waals surface area contributed by atoms with Gasteiger partial charge >= 0.3 is 0 Å². The van der Waals surface area contributed by atoms with E-state index in [2.05, 4.69) is 4.72 Å². The van der Waals surface area contributed by atoms with Crippen LogP contribution in [0.15, 0.2) is 23.1 Å². The molecule has 7 heteroatoms. The van der Waals surface area contributed by atoms with Crippen LogP contribution in [0.5, 0.6) is 0 Å². The second kappa shape index (κ2) is 5.40. The van der Waals surface area contributed by atoms with Gasteiger partial charge < -0.3 is 10.6 Å². The van der Waals surface area contributed by atoms with Crippen LogP contribution in [0.2, 0.25) is 0 Å². The van der Waals surface area contributed by atoms with Crippen molar-refractivity contribution in [1.82, 2.24) is 4.72 Å². The topological polar surface area (TPSA) is 92.5 Å². The predicted octanol–water partition coefficient (Wildman–Crippen LogP) is 0.611. The first-order valence-corrected chi connectivity index (χ1v) is 8.30. The van der Waals surface area contributed by atoms with Gasteiger partial charge in [-0.1, -0.05) is 6.07 Å². The van der Waals surface area contributed by atoms with E-state index >= 15 is 0 Å². The second-order valence-corrected chi connectivity index (χ2v) is 7.59. The van der Waals surface area contributed by atoms with Gasteiger partial charge in [0.1, 0.15) is 0 Å². The summed E-state index contributed by atoms with van der Waals surface area (Å²) in [5, 5.41) is 0. The van der Waals surface area contributed by atoms with Gasteiger partial charge in [-0.05, 0) is 38.0 Å². The zero-order valence-corrected chi connectivity index (χ0v) is 13.3. The average molecular weight is 311 g/mol. The number of nitrogens with one attached hydrogen (secondary N) is 1. The Morgan fingerprint density at radius 2 is 2.10 bits per heavy atom. The number of sulfonamides is 1. The first-order chi connectivity index (χ1) is 9.66. The van der Waals surface area contributed by atoms with Crippen LogP contribution < -0.4 is 15.4 Å². The molecule has 3 N–H and O–H groups in total. The minimum absolute atomic E-state index is 0.0847. The van der Waals surface area contributed by atoms with E-state index in [-0.39, 0.29) is 17.3 Å². The molecule has 1 aliphatic heterocycles. The Hall–Kier alpha value is -1.44. The van der Waals surface area contributed by atoms with Crippen molar-refractivity contribution in [1.29, 1.82) is 0 Å². The Morgan fingerprint density at radius 1 is 1.43 bits per heavy atom. The summed E-state index contributed by atoms with van der Waals surface area (Å²) in [6.07, 6.45) is 0.747. The number of hydrogen-bond donors (Lipinski definition) is 2. The van der Waals surface area contributed by atoms with E-state index in [0.29, 0.717) is 12.2 Å². The molecule has 0 aliphatic carbocycles. The van der Waals surface area contributed by atoms with Crippen molar-refractivity contribution >= 4 is 21.6 Å². The van der Waals surface area contributed by atoms with Gasteiger partial charge in [0, 0.05) is 31.2 Å². The van der Waals surface area contributed by atoms with Crippen molar-refractivity contribution in [3.8, 4) is 0 Å². The van der Waals surface area contributed by atoms with Crippen LogP contribution >= 0.6 is 0 Å². The molecular formula is C14H21N3O3S. The van der Waals surface area contributed by atoms with Gasteiger partial charge in [-0.2, -0.15) is 0 Å². The number of rotatable bonds is 4. The average Bonchev–Trinajstić information content (AvgIpc) is 2.80. The number of amides is 1. The number of nitrogens with two attached hydrogens (primary N) is 1. The maximum absolute atomic E-state index is 12.4. The number of nitrogens with zero attached hydrogens (tertiary/aromatic N) is 1. The Kier molecular flexibility index (Phi) is 4.10. The van der Waals surface area contributed by atoms with Gasteiger partial charge in [-0.25, -0.2) is 13.1 Å². The van der Waals surface area contributed by atoms with Crippen molar-refractivity contribution in [3.63, 3.8) is 0 Å². The third kappa shape index (κ3) is 3.25. The summed E-state index contributed by atoms with van der Waals surface area (Å²) >= 11 is 0. The molecule has 1 aliphatic rings. The number of carbonyl (C=O) groups is 1. The molecule has 1 aromatic carbocycles. The van der Waals surface area contributed by atoms with Crippen molar-refractivity contribution in [2.24, 2.45) is 5.73 Å². The molecular weight excluding hydrogens is 290 g/mol. The first-order valence-electron chi connectivity index (χ1n) is 6.81. The Labute approximate surface area is 125 Å². The lowest BCUT2D eigenvalue weighted by Gasteiger charge is -2.24. The van der Waals surface area contributed by atoms with Gasteiger partial charge in [-0.3, -0.25) is 4.79 Å². The number of carbonyl (C=O) groups excluding carboxylic acids is 1. The Morgan fingerprint density at radius 3 is 2.67 bits per heavy atom. The summed E-state index contributed by atoms with van der Waals surface area (Å²) in [6, 6.07) is 4.89. The van der Waals surface area contributed by atoms with Gasteiger partial charge in [-0.15, -0.1) is 0 Å². The fraction of sp³-hybridized carbons (Fsp3) is 0.500. The van der Waals surface area contributed by atoms with Crippen molar-refractivity contribution in [2.75, 3.05) is 18.0 Å². The number of fused-ring (bicyclic) bond motifs is 1. The van der Waals surface area contributed by atoms with E-state index < -0.39 is 15.6 Å². The molecule has 0 saturated carbocycles. The summed E-state index contributed by atoms with van der Waals surface area (Å²) in [6.45, 7) is 5.71. The highest BCUT2D eigenvalue weighted by atomic mass is 32.2. The minimum Gasteiger partial charge on any atom is -0.329 e. The molecule has 1 heterocycles. The van der Waals surface area contributed by atoms with Crippen molar-refractivity contribution in [2.45, 2.75) is 37.6 Å². The summed E-state index contributed by atoms with van der Waals surface area (Å²) in [7, 11) is -3.67. The fourth-order valence-electron chi connectivity index (χ4n) is 2.32. The van der Waals surface area contributed by atoms with E-state index in [1.165, 1.54) is 6.92 Å². The second-order valence-electron chi connectivity index (χ2n) is 5.90. The Balaban J connectivity index is 2.39. The molecule has 0 saturated heterocycles. The molecule has 0 atom stereocenters. The standard InChI is InChI=1S/C14H21N3O3S/c1-10(18)17-7-6-11-4-5-12(8-13(11)17)21(19,20)16-14(2,3)9-15/h4-5,8,16H,6-7,9,15H2,1-3H3. The number of benzene rings is 1. The maximum Gasteiger partial charge on any atom is 0.241 e. The lowest BCUT2D eigenvalue weighted by Crippen LogP contribution is -2.48. The third-order valence-corrected chi connectivity index (χ3v) is 5.26. The molecule has 0 fully saturated rings. The highest BCUT2D eigenvalue weighted by Gasteiger charge is 2.28. The minimum atomic E-state index is -3.67. The molecule has 0 unspecified atom stereocenters. The van der Waals surface area contributed by atoms with Crippen LogP contribution in [0.3, 0.4) is 0 Å². The molecule has 116 valence electrons. The number of hydrogen-bond acceptors (Lipinski definition) is 4. The SMILES string of the molecule is CC(=O)N1CCc2ccc(S(=O)(=O)NC(C)(C)CN)cc21. The largest absolute Gasteiger partial charge is 0.329 e. The molecule has 6 nitrogen and oxygen atoms in total. The Bertz CT molecular complexity index is 668. The van der Waals surface area contributed by atoms with Crippen molar-refractivity contribution in [3.05, 3.63) is 23.8 Å². The van der Waals surface area contributed by atoms with Gasteiger partial charge in [0.25, 0.3) is 0 Å². The highest BCUT2D eigenvalue weighted by molar-refractivity contribution is 7.89. The third-order valence-electron chi connectivity index (χ3n) is 3.56. The smallest absolute Gasteiger partial charge is 0.241 e. The predicted molar refractivity (Wildman–Crippen MR) is 81.6 cm³/mol. The van der Waals surface area contributed by atoms with E-state index in [1.807, 2.05) is 0 Å². The van der Waals surface area contributed by atoms with Crippen LogP contribution in [0.4, 0.5) is 5.69 Å². The highest BCUT2D eigenvalue weighted by Crippen LogP contribution is 2.30. The van der Waals surface area contributed by atoms with Crippen LogP contribution in [-0.4, -0.2) is 33.0 Å². The monoisotopic (exact) mass is 311 g/mol. The molecule has 2 rings (SSSR count). The lowest BCUT2D eigenvalue weighted by atomic mass is 10.1. The molecule has 0 spiro atoms. The van der Waals surface area contributed by atoms with E-state index in [0.717, 1.165) is 12.0 Å². The zero-order valence-electron chi connectivity index (χ0n) is 12.5. The molecule has 0 radical (unpaired) electrons. The van der Waals surface area contributed by atoms with Crippen molar-refractivity contribution < 1.29 is 13.2 Å². The normalized spacial score (nSPS) is 15.1. The molecule has 0 bridgehead atoms. The van der Waals surface area contributed by atoms with E-state index in [9.17, 15) is 13.2 Å². The fourth-order valence-corrected chi connectivity index (χ4v) is 3.76. The maximum atomic E-state index is 12.4. The molecule has 1 aromatic rings. The van der Waals surface area contributed by atoms with Crippen LogP contribution in [0.25, 0.3) is 0 Å². The van der Waals surface area contributed by atoms with E-state index in [1.54, 1.807) is 36.9 Å². The zero-order chi connectivity index (χ0) is 15.8. The molecule has 21 heavy (non-hydrogen) atoms.